The Kier molecular flexibility index (Phi) is 5.06. The molecule has 1 unspecified atom stereocenters. The highest BCUT2D eigenvalue weighted by atomic mass is 19.1. The van der Waals surface area contributed by atoms with Gasteiger partial charge < -0.3 is 10.2 Å². The van der Waals surface area contributed by atoms with E-state index in [-0.39, 0.29) is 23.9 Å². The van der Waals surface area contributed by atoms with E-state index >= 15 is 0 Å². The summed E-state index contributed by atoms with van der Waals surface area (Å²) in [7, 11) is 1.72. The number of carbonyl (C=O) groups is 1. The van der Waals surface area contributed by atoms with Gasteiger partial charge >= 0.3 is 0 Å². The molecular weight excluding hydrogens is 262 g/mol. The molecule has 1 N–H and O–H groups in total. The van der Waals surface area contributed by atoms with Crippen molar-refractivity contribution in [3.05, 3.63) is 35.4 Å². The van der Waals surface area contributed by atoms with Crippen molar-refractivity contribution in [1.82, 2.24) is 10.2 Å². The molecule has 0 spiro atoms. The van der Waals surface area contributed by atoms with Gasteiger partial charge in [-0.05, 0) is 44.5 Å². The minimum absolute atomic E-state index is 0.143. The number of hydrogen-bond donors (Lipinski definition) is 1. The number of amides is 1. The van der Waals surface area contributed by atoms with Crippen molar-refractivity contribution in [3.63, 3.8) is 0 Å². The largest absolute Gasteiger partial charge is 0.342 e. The van der Waals surface area contributed by atoms with Crippen LogP contribution in [0, 0.1) is 11.6 Å². The highest BCUT2D eigenvalue weighted by molar-refractivity contribution is 5.79. The molecule has 1 aliphatic rings. The van der Waals surface area contributed by atoms with E-state index in [9.17, 15) is 13.6 Å². The first-order valence-electron chi connectivity index (χ1n) is 6.99. The zero-order chi connectivity index (χ0) is 14.5. The van der Waals surface area contributed by atoms with Gasteiger partial charge in [0.25, 0.3) is 0 Å². The Morgan fingerprint density at radius 3 is 2.70 bits per heavy atom. The molecule has 110 valence electrons. The van der Waals surface area contributed by atoms with Crippen LogP contribution < -0.4 is 5.32 Å². The fourth-order valence-electron chi connectivity index (χ4n) is 2.57. The summed E-state index contributed by atoms with van der Waals surface area (Å²) >= 11 is 0. The van der Waals surface area contributed by atoms with Gasteiger partial charge in [-0.3, -0.25) is 4.79 Å². The second kappa shape index (κ2) is 6.79. The number of benzene rings is 1. The third-order valence-electron chi connectivity index (χ3n) is 3.88. The number of likely N-dealkylation sites (N-methyl/N-ethyl adjacent to an activating group) is 1. The van der Waals surface area contributed by atoms with Crippen LogP contribution in [0.4, 0.5) is 8.78 Å². The third kappa shape index (κ3) is 3.54. The summed E-state index contributed by atoms with van der Waals surface area (Å²) in [6.07, 6.45) is 2.59. The Morgan fingerprint density at radius 2 is 2.00 bits per heavy atom. The molecule has 1 saturated heterocycles. The first-order chi connectivity index (χ1) is 9.59. The van der Waals surface area contributed by atoms with Crippen molar-refractivity contribution < 1.29 is 13.6 Å². The van der Waals surface area contributed by atoms with Crippen LogP contribution in [0.3, 0.4) is 0 Å². The molecule has 0 saturated carbocycles. The monoisotopic (exact) mass is 282 g/mol. The predicted octanol–water partition coefficient (Wildman–Crippen LogP) is 2.11. The van der Waals surface area contributed by atoms with Gasteiger partial charge in [-0.15, -0.1) is 0 Å². The minimum Gasteiger partial charge on any atom is -0.342 e. The minimum atomic E-state index is -0.658. The van der Waals surface area contributed by atoms with Gasteiger partial charge in [0.05, 0.1) is 6.42 Å². The van der Waals surface area contributed by atoms with E-state index in [0.29, 0.717) is 0 Å². The maximum Gasteiger partial charge on any atom is 0.227 e. The second-order valence-corrected chi connectivity index (χ2v) is 5.22. The van der Waals surface area contributed by atoms with Crippen LogP contribution in [0.2, 0.25) is 0 Å². The summed E-state index contributed by atoms with van der Waals surface area (Å²) in [6, 6.07) is 3.81. The van der Waals surface area contributed by atoms with Gasteiger partial charge in [-0.2, -0.15) is 0 Å². The van der Waals surface area contributed by atoms with Gasteiger partial charge in [-0.1, -0.05) is 6.07 Å². The van der Waals surface area contributed by atoms with Crippen molar-refractivity contribution in [3.8, 4) is 0 Å². The summed E-state index contributed by atoms with van der Waals surface area (Å²) in [5.41, 5.74) is -0.143. The quantitative estimate of drug-likeness (QED) is 0.921. The van der Waals surface area contributed by atoms with E-state index in [1.807, 2.05) is 0 Å². The molecule has 0 aromatic heterocycles. The van der Waals surface area contributed by atoms with Crippen molar-refractivity contribution in [2.45, 2.75) is 31.7 Å². The van der Waals surface area contributed by atoms with Crippen LogP contribution in [0.5, 0.6) is 0 Å². The third-order valence-corrected chi connectivity index (χ3v) is 3.88. The van der Waals surface area contributed by atoms with Crippen molar-refractivity contribution >= 4 is 5.91 Å². The van der Waals surface area contributed by atoms with E-state index in [4.69, 9.17) is 0 Å². The normalized spacial score (nSPS) is 19.4. The van der Waals surface area contributed by atoms with Gasteiger partial charge in [0, 0.05) is 18.7 Å². The number of carbonyl (C=O) groups excluding carboxylic acids is 1. The standard InChI is InChI=1S/C15H20F2N2O/c1-19(11-4-3-8-18-9-7-11)15(20)10-12-13(16)5-2-6-14(12)17/h2,5-6,11,18H,3-4,7-10H2,1H3. The molecule has 0 aliphatic carbocycles. The van der Waals surface area contributed by atoms with E-state index in [2.05, 4.69) is 5.32 Å². The van der Waals surface area contributed by atoms with Gasteiger partial charge in [0.2, 0.25) is 5.91 Å². The van der Waals surface area contributed by atoms with E-state index in [1.165, 1.54) is 18.2 Å². The molecule has 0 radical (unpaired) electrons. The van der Waals surface area contributed by atoms with Crippen LogP contribution >= 0.6 is 0 Å². The Morgan fingerprint density at radius 1 is 1.30 bits per heavy atom. The number of nitrogens with zero attached hydrogens (tertiary/aromatic N) is 1. The van der Waals surface area contributed by atoms with Crippen molar-refractivity contribution in [2.24, 2.45) is 0 Å². The molecule has 2 rings (SSSR count). The molecule has 3 nitrogen and oxygen atoms in total. The first kappa shape index (κ1) is 14.9. The maximum absolute atomic E-state index is 13.6. The Bertz CT molecular complexity index is 451. The lowest BCUT2D eigenvalue weighted by Gasteiger charge is -2.27. The van der Waals surface area contributed by atoms with Crippen molar-refractivity contribution in [2.75, 3.05) is 20.1 Å². The van der Waals surface area contributed by atoms with E-state index in [1.54, 1.807) is 11.9 Å². The van der Waals surface area contributed by atoms with Crippen molar-refractivity contribution in [1.29, 1.82) is 0 Å². The van der Waals surface area contributed by atoms with Crippen LogP contribution in [-0.2, 0) is 11.2 Å². The predicted molar refractivity (Wildman–Crippen MR) is 73.3 cm³/mol. The molecule has 1 aromatic carbocycles. The lowest BCUT2D eigenvalue weighted by atomic mass is 10.1. The highest BCUT2D eigenvalue weighted by Gasteiger charge is 2.23. The molecule has 1 aliphatic heterocycles. The lowest BCUT2D eigenvalue weighted by Crippen LogP contribution is -2.38. The molecule has 1 atom stereocenters. The Labute approximate surface area is 118 Å². The molecule has 0 bridgehead atoms. The highest BCUT2D eigenvalue weighted by Crippen LogP contribution is 2.17. The summed E-state index contributed by atoms with van der Waals surface area (Å²) in [6.45, 7) is 1.83. The second-order valence-electron chi connectivity index (χ2n) is 5.22. The molecule has 20 heavy (non-hydrogen) atoms. The van der Waals surface area contributed by atoms with Crippen LogP contribution in [-0.4, -0.2) is 37.0 Å². The summed E-state index contributed by atoms with van der Waals surface area (Å²) in [4.78, 5) is 13.8. The average molecular weight is 282 g/mol. The summed E-state index contributed by atoms with van der Waals surface area (Å²) in [5.74, 6) is -1.55. The summed E-state index contributed by atoms with van der Waals surface area (Å²) in [5, 5.41) is 3.28. The fraction of sp³-hybridized carbons (Fsp3) is 0.533. The number of hydrogen-bond acceptors (Lipinski definition) is 2. The smallest absolute Gasteiger partial charge is 0.227 e. The molecular formula is C15H20F2N2O. The number of nitrogens with one attached hydrogen (secondary N) is 1. The zero-order valence-electron chi connectivity index (χ0n) is 11.7. The first-order valence-corrected chi connectivity index (χ1v) is 6.99. The zero-order valence-corrected chi connectivity index (χ0v) is 11.7. The van der Waals surface area contributed by atoms with Crippen LogP contribution in [0.15, 0.2) is 18.2 Å². The lowest BCUT2D eigenvalue weighted by molar-refractivity contribution is -0.131. The Hall–Kier alpha value is -1.49. The number of halogens is 2. The molecule has 1 heterocycles. The average Bonchev–Trinajstić information content (AvgIpc) is 2.71. The topological polar surface area (TPSA) is 32.3 Å². The molecule has 5 heteroatoms. The van der Waals surface area contributed by atoms with Crippen LogP contribution in [0.1, 0.15) is 24.8 Å². The van der Waals surface area contributed by atoms with E-state index in [0.717, 1.165) is 32.4 Å². The van der Waals surface area contributed by atoms with Gasteiger partial charge in [-0.25, -0.2) is 8.78 Å². The fourth-order valence-corrected chi connectivity index (χ4v) is 2.57. The summed E-state index contributed by atoms with van der Waals surface area (Å²) < 4.78 is 27.1. The Balaban J connectivity index is 2.03. The molecule has 1 amide bonds. The molecule has 1 fully saturated rings. The van der Waals surface area contributed by atoms with E-state index < -0.39 is 11.6 Å². The maximum atomic E-state index is 13.6. The molecule has 1 aromatic rings. The SMILES string of the molecule is CN(C(=O)Cc1c(F)cccc1F)C1CCCNCC1. The van der Waals surface area contributed by atoms with Gasteiger partial charge in [0.1, 0.15) is 11.6 Å². The number of rotatable bonds is 3. The van der Waals surface area contributed by atoms with Crippen LogP contribution in [0.25, 0.3) is 0 Å². The van der Waals surface area contributed by atoms with Gasteiger partial charge in [0.15, 0.2) is 0 Å².